The van der Waals surface area contributed by atoms with Gasteiger partial charge in [0.2, 0.25) is 5.95 Å². The minimum absolute atomic E-state index is 0.179. The van der Waals surface area contributed by atoms with E-state index in [4.69, 9.17) is 5.11 Å². The van der Waals surface area contributed by atoms with Gasteiger partial charge >= 0.3 is 5.97 Å². The van der Waals surface area contributed by atoms with Crippen molar-refractivity contribution in [2.45, 2.75) is 52.1 Å². The van der Waals surface area contributed by atoms with Gasteiger partial charge in [-0.15, -0.1) is 0 Å². The van der Waals surface area contributed by atoms with Crippen molar-refractivity contribution >= 4 is 11.9 Å². The molecule has 0 aliphatic carbocycles. The topological polar surface area (TPSA) is 66.3 Å². The molecule has 1 aliphatic rings. The second-order valence-electron chi connectivity index (χ2n) is 4.87. The normalized spacial score (nSPS) is 23.4. The average Bonchev–Trinajstić information content (AvgIpc) is 2.69. The molecule has 1 aromatic heterocycles. The van der Waals surface area contributed by atoms with Crippen LogP contribution in [0.25, 0.3) is 0 Å². The molecule has 18 heavy (non-hydrogen) atoms. The minimum Gasteiger partial charge on any atom is -0.478 e. The van der Waals surface area contributed by atoms with E-state index in [-0.39, 0.29) is 5.56 Å². The second-order valence-corrected chi connectivity index (χ2v) is 4.87. The predicted octanol–water partition coefficient (Wildman–Crippen LogP) is 2.25. The van der Waals surface area contributed by atoms with Gasteiger partial charge in [0.1, 0.15) is 0 Å². The molecule has 0 radical (unpaired) electrons. The standard InChI is InChI=1S/C13H19N3O2/c1-4-10-6-5-8(2)16(10)13-14-7-11(12(17)18)9(3)15-13/h7-8,10H,4-6H2,1-3H3,(H,17,18). The lowest BCUT2D eigenvalue weighted by Crippen LogP contribution is -2.35. The van der Waals surface area contributed by atoms with Crippen LogP contribution in [0.1, 0.15) is 49.2 Å². The second kappa shape index (κ2) is 4.92. The molecule has 5 heteroatoms. The van der Waals surface area contributed by atoms with E-state index in [9.17, 15) is 4.79 Å². The number of carboxylic acid groups (broad SMARTS) is 1. The van der Waals surface area contributed by atoms with Crippen molar-refractivity contribution in [3.63, 3.8) is 0 Å². The van der Waals surface area contributed by atoms with E-state index in [1.165, 1.54) is 6.20 Å². The van der Waals surface area contributed by atoms with Crippen LogP contribution < -0.4 is 4.90 Å². The van der Waals surface area contributed by atoms with Gasteiger partial charge in [0.25, 0.3) is 0 Å². The summed E-state index contributed by atoms with van der Waals surface area (Å²) in [7, 11) is 0. The first-order chi connectivity index (χ1) is 8.54. The third-order valence-corrected chi connectivity index (χ3v) is 3.69. The van der Waals surface area contributed by atoms with Gasteiger partial charge in [0.15, 0.2) is 0 Å². The first-order valence-electron chi connectivity index (χ1n) is 6.39. The molecular weight excluding hydrogens is 230 g/mol. The third kappa shape index (κ3) is 2.17. The van der Waals surface area contributed by atoms with Crippen molar-refractivity contribution in [2.24, 2.45) is 0 Å². The van der Waals surface area contributed by atoms with Crippen molar-refractivity contribution in [3.05, 3.63) is 17.5 Å². The number of anilines is 1. The molecule has 0 aromatic carbocycles. The van der Waals surface area contributed by atoms with Crippen molar-refractivity contribution in [1.29, 1.82) is 0 Å². The van der Waals surface area contributed by atoms with Crippen LogP contribution in [0.2, 0.25) is 0 Å². The fraction of sp³-hybridized carbons (Fsp3) is 0.615. The number of carbonyl (C=O) groups is 1. The number of carboxylic acids is 1. The Morgan fingerprint density at radius 3 is 2.83 bits per heavy atom. The maximum atomic E-state index is 10.9. The maximum Gasteiger partial charge on any atom is 0.339 e. The van der Waals surface area contributed by atoms with Gasteiger partial charge < -0.3 is 10.0 Å². The molecule has 0 saturated carbocycles. The number of hydrogen-bond acceptors (Lipinski definition) is 4. The molecule has 2 unspecified atom stereocenters. The van der Waals surface area contributed by atoms with Crippen molar-refractivity contribution < 1.29 is 9.90 Å². The van der Waals surface area contributed by atoms with Gasteiger partial charge in [-0.1, -0.05) is 6.92 Å². The lowest BCUT2D eigenvalue weighted by atomic mass is 10.2. The Hall–Kier alpha value is -1.65. The molecule has 1 fully saturated rings. The third-order valence-electron chi connectivity index (χ3n) is 3.69. The first-order valence-corrected chi connectivity index (χ1v) is 6.39. The molecule has 2 atom stereocenters. The number of hydrogen-bond donors (Lipinski definition) is 1. The molecule has 0 bridgehead atoms. The van der Waals surface area contributed by atoms with Crippen molar-refractivity contribution in [2.75, 3.05) is 4.90 Å². The molecule has 1 aliphatic heterocycles. The largest absolute Gasteiger partial charge is 0.478 e. The van der Waals surface area contributed by atoms with Crippen LogP contribution >= 0.6 is 0 Å². The Labute approximate surface area is 107 Å². The fourth-order valence-corrected chi connectivity index (χ4v) is 2.62. The van der Waals surface area contributed by atoms with E-state index in [1.807, 2.05) is 0 Å². The summed E-state index contributed by atoms with van der Waals surface area (Å²) in [6.07, 6.45) is 4.77. The first kappa shape index (κ1) is 12.8. The van der Waals surface area contributed by atoms with E-state index in [2.05, 4.69) is 28.7 Å². The van der Waals surface area contributed by atoms with Crippen LogP contribution in [0.5, 0.6) is 0 Å². The van der Waals surface area contributed by atoms with Crippen molar-refractivity contribution in [3.8, 4) is 0 Å². The molecule has 98 valence electrons. The summed E-state index contributed by atoms with van der Waals surface area (Å²) in [5.41, 5.74) is 0.708. The lowest BCUT2D eigenvalue weighted by Gasteiger charge is -2.28. The number of rotatable bonds is 3. The average molecular weight is 249 g/mol. The zero-order valence-electron chi connectivity index (χ0n) is 11.1. The molecule has 1 saturated heterocycles. The summed E-state index contributed by atoms with van der Waals surface area (Å²) in [5, 5.41) is 8.98. The van der Waals surface area contributed by atoms with E-state index < -0.39 is 5.97 Å². The van der Waals surface area contributed by atoms with E-state index in [0.717, 1.165) is 19.3 Å². The van der Waals surface area contributed by atoms with E-state index in [0.29, 0.717) is 23.7 Å². The molecule has 2 heterocycles. The Morgan fingerprint density at radius 1 is 1.56 bits per heavy atom. The van der Waals surface area contributed by atoms with Gasteiger partial charge in [-0.3, -0.25) is 0 Å². The summed E-state index contributed by atoms with van der Waals surface area (Å²) in [6, 6.07) is 0.889. The highest BCUT2D eigenvalue weighted by Crippen LogP contribution is 2.29. The summed E-state index contributed by atoms with van der Waals surface area (Å²) in [5.74, 6) is -0.310. The molecule has 0 spiro atoms. The maximum absolute atomic E-state index is 10.9. The quantitative estimate of drug-likeness (QED) is 0.890. The van der Waals surface area contributed by atoms with Gasteiger partial charge in [-0.25, -0.2) is 14.8 Å². The number of nitrogens with zero attached hydrogens (tertiary/aromatic N) is 3. The van der Waals surface area contributed by atoms with Crippen LogP contribution in [0, 0.1) is 6.92 Å². The van der Waals surface area contributed by atoms with Gasteiger partial charge in [0.05, 0.1) is 11.3 Å². The lowest BCUT2D eigenvalue weighted by molar-refractivity contribution is 0.0695. The molecule has 1 aromatic rings. The summed E-state index contributed by atoms with van der Waals surface area (Å²) in [6.45, 7) is 6.05. The van der Waals surface area contributed by atoms with Crippen LogP contribution in [0.3, 0.4) is 0 Å². The molecule has 2 rings (SSSR count). The smallest absolute Gasteiger partial charge is 0.339 e. The highest BCUT2D eigenvalue weighted by molar-refractivity contribution is 5.88. The molecular formula is C13H19N3O2. The Morgan fingerprint density at radius 2 is 2.28 bits per heavy atom. The van der Waals surface area contributed by atoms with Crippen LogP contribution in [0.15, 0.2) is 6.20 Å². The summed E-state index contributed by atoms with van der Waals surface area (Å²) in [4.78, 5) is 21.8. The number of aromatic nitrogens is 2. The zero-order chi connectivity index (χ0) is 13.3. The van der Waals surface area contributed by atoms with Gasteiger partial charge in [-0.05, 0) is 33.1 Å². The number of aryl methyl sites for hydroxylation is 1. The molecule has 0 amide bonds. The molecule has 5 nitrogen and oxygen atoms in total. The Balaban J connectivity index is 2.33. The van der Waals surface area contributed by atoms with Gasteiger partial charge in [0, 0.05) is 18.3 Å². The Bertz CT molecular complexity index is 462. The highest BCUT2D eigenvalue weighted by Gasteiger charge is 2.31. The fourth-order valence-electron chi connectivity index (χ4n) is 2.62. The summed E-state index contributed by atoms with van der Waals surface area (Å²) >= 11 is 0. The van der Waals surface area contributed by atoms with Crippen LogP contribution in [-0.4, -0.2) is 33.1 Å². The van der Waals surface area contributed by atoms with E-state index >= 15 is 0 Å². The molecule has 1 N–H and O–H groups in total. The van der Waals surface area contributed by atoms with Crippen molar-refractivity contribution in [1.82, 2.24) is 9.97 Å². The monoisotopic (exact) mass is 249 g/mol. The van der Waals surface area contributed by atoms with Crippen LogP contribution in [0.4, 0.5) is 5.95 Å². The highest BCUT2D eigenvalue weighted by atomic mass is 16.4. The number of aromatic carboxylic acids is 1. The zero-order valence-corrected chi connectivity index (χ0v) is 11.1. The predicted molar refractivity (Wildman–Crippen MR) is 69.0 cm³/mol. The van der Waals surface area contributed by atoms with Gasteiger partial charge in [-0.2, -0.15) is 0 Å². The van der Waals surface area contributed by atoms with E-state index in [1.54, 1.807) is 6.92 Å². The summed E-state index contributed by atoms with van der Waals surface area (Å²) < 4.78 is 0. The van der Waals surface area contributed by atoms with Crippen LogP contribution in [-0.2, 0) is 0 Å². The Kier molecular flexibility index (Phi) is 3.50. The minimum atomic E-state index is -0.972. The SMILES string of the molecule is CCC1CCC(C)N1c1ncc(C(=O)O)c(C)n1.